The highest BCUT2D eigenvalue weighted by atomic mass is 16.2. The lowest BCUT2D eigenvalue weighted by Crippen LogP contribution is -2.50. The van der Waals surface area contributed by atoms with E-state index in [1.54, 1.807) is 7.05 Å². The van der Waals surface area contributed by atoms with Crippen LogP contribution in [0, 0.1) is 5.92 Å². The monoisotopic (exact) mass is 1050 g/mol. The van der Waals surface area contributed by atoms with Crippen LogP contribution in [0.1, 0.15) is 114 Å². The van der Waals surface area contributed by atoms with Crippen molar-refractivity contribution in [2.45, 2.75) is 102 Å². The highest BCUT2D eigenvalue weighted by molar-refractivity contribution is 5.97. The maximum absolute atomic E-state index is 14.7. The summed E-state index contributed by atoms with van der Waals surface area (Å²) in [5, 5.41) is 6.08. The van der Waals surface area contributed by atoms with Crippen LogP contribution in [0.2, 0.25) is 0 Å². The number of ketones is 1. The zero-order chi connectivity index (χ0) is 55.0. The molecule has 2 heterocycles. The molecule has 0 aromatic heterocycles. The van der Waals surface area contributed by atoms with Crippen molar-refractivity contribution in [2.24, 2.45) is 5.92 Å². The predicted octanol–water partition coefficient (Wildman–Crippen LogP) is 9.96. The molecule has 6 aromatic carbocycles. The van der Waals surface area contributed by atoms with Crippen molar-refractivity contribution in [3.8, 4) is 11.1 Å². The molecule has 0 radical (unpaired) electrons. The second-order valence-electron chi connectivity index (χ2n) is 21.1. The Hall–Kier alpha value is -7.70. The van der Waals surface area contributed by atoms with E-state index in [1.165, 1.54) is 0 Å². The summed E-state index contributed by atoms with van der Waals surface area (Å²) in [5.74, 6) is -1.58. The van der Waals surface area contributed by atoms with Gasteiger partial charge >= 0.3 is 0 Å². The maximum atomic E-state index is 14.7. The summed E-state index contributed by atoms with van der Waals surface area (Å²) < 4.78 is 0. The van der Waals surface area contributed by atoms with Crippen LogP contribution in [-0.4, -0.2) is 119 Å². The number of likely N-dealkylation sites (N-methyl/N-ethyl adjacent to an activating group) is 1. The average Bonchev–Trinajstić information content (AvgIpc) is 4.21. The second kappa shape index (κ2) is 27.6. The van der Waals surface area contributed by atoms with Crippen LogP contribution in [0.5, 0.6) is 0 Å². The largest absolute Gasteiger partial charge is 0.340 e. The molecule has 406 valence electrons. The van der Waals surface area contributed by atoms with E-state index in [0.717, 1.165) is 59.1 Å². The molecule has 78 heavy (non-hydrogen) atoms. The van der Waals surface area contributed by atoms with Crippen molar-refractivity contribution in [3.05, 3.63) is 203 Å². The Kier molecular flexibility index (Phi) is 20.0. The van der Waals surface area contributed by atoms with Crippen molar-refractivity contribution >= 4 is 35.3 Å². The number of amides is 5. The molecule has 5 amide bonds. The minimum absolute atomic E-state index is 0.0267. The normalized spacial score (nSPS) is 16.7. The van der Waals surface area contributed by atoms with Crippen LogP contribution in [0.4, 0.5) is 0 Å². The van der Waals surface area contributed by atoms with E-state index in [4.69, 9.17) is 0 Å². The third-order valence-corrected chi connectivity index (χ3v) is 15.9. The lowest BCUT2D eigenvalue weighted by atomic mass is 9.90. The minimum Gasteiger partial charge on any atom is -0.340 e. The molecule has 12 heteroatoms. The molecular weight excluding hydrogens is 973 g/mol. The van der Waals surface area contributed by atoms with Gasteiger partial charge in [-0.25, -0.2) is 0 Å². The van der Waals surface area contributed by atoms with Gasteiger partial charge in [-0.05, 0) is 117 Å². The third kappa shape index (κ3) is 14.5. The first-order valence-corrected chi connectivity index (χ1v) is 28.0. The summed E-state index contributed by atoms with van der Waals surface area (Å²) in [4.78, 5) is 92.5. The summed E-state index contributed by atoms with van der Waals surface area (Å²) >= 11 is 0. The lowest BCUT2D eigenvalue weighted by Gasteiger charge is -2.33. The Bertz CT molecular complexity index is 2720. The van der Waals surface area contributed by atoms with Gasteiger partial charge in [0, 0.05) is 74.8 Å². The molecular formula is C66H76N6O6. The van der Waals surface area contributed by atoms with Gasteiger partial charge in [0.05, 0.1) is 12.0 Å². The van der Waals surface area contributed by atoms with E-state index >= 15 is 0 Å². The summed E-state index contributed by atoms with van der Waals surface area (Å²) in [6, 6.07) is 52.6. The summed E-state index contributed by atoms with van der Waals surface area (Å²) in [6.07, 6.45) is 5.11. The molecule has 6 aromatic rings. The highest BCUT2D eigenvalue weighted by Gasteiger charge is 2.39. The maximum Gasteiger partial charge on any atom is 0.253 e. The molecule has 2 aliphatic rings. The zero-order valence-corrected chi connectivity index (χ0v) is 45.8. The molecule has 2 aliphatic heterocycles. The van der Waals surface area contributed by atoms with Gasteiger partial charge in [-0.3, -0.25) is 28.8 Å². The van der Waals surface area contributed by atoms with Gasteiger partial charge in [0.1, 0.15) is 6.04 Å². The van der Waals surface area contributed by atoms with Crippen LogP contribution >= 0.6 is 0 Å². The first kappa shape index (κ1) is 56.5. The van der Waals surface area contributed by atoms with Crippen LogP contribution in [0.15, 0.2) is 170 Å². The number of hydrogen-bond acceptors (Lipinski definition) is 7. The smallest absolute Gasteiger partial charge is 0.253 e. The average molecular weight is 1050 g/mol. The number of carbonyl (C=O) groups is 6. The molecule has 2 N–H and O–H groups in total. The third-order valence-electron chi connectivity index (χ3n) is 15.9. The fourth-order valence-electron chi connectivity index (χ4n) is 10.8. The Balaban J connectivity index is 0.980. The van der Waals surface area contributed by atoms with Crippen molar-refractivity contribution in [1.82, 2.24) is 30.2 Å². The molecule has 12 nitrogen and oxygen atoms in total. The number of nitrogens with one attached hydrogen (secondary N) is 2. The zero-order valence-electron chi connectivity index (χ0n) is 45.8. The van der Waals surface area contributed by atoms with Gasteiger partial charge < -0.3 is 30.2 Å². The minimum atomic E-state index is -0.837. The first-order valence-electron chi connectivity index (χ1n) is 28.0. The van der Waals surface area contributed by atoms with E-state index in [0.29, 0.717) is 69.7 Å². The van der Waals surface area contributed by atoms with Gasteiger partial charge in [0.25, 0.3) is 11.8 Å². The second-order valence-corrected chi connectivity index (χ2v) is 21.1. The Morgan fingerprint density at radius 3 is 1.41 bits per heavy atom. The van der Waals surface area contributed by atoms with Gasteiger partial charge in [-0.2, -0.15) is 0 Å². The topological polar surface area (TPSA) is 139 Å². The molecule has 0 unspecified atom stereocenters. The number of carbonyl (C=O) groups excluding carboxylic acids is 6. The van der Waals surface area contributed by atoms with E-state index in [9.17, 15) is 28.8 Å². The molecule has 8 rings (SSSR count). The molecule has 2 saturated heterocycles. The molecule has 6 atom stereocenters. The standard InChI is InChI=1S/C66H76N6O6/c1-5-47(2)62(74)68-61(54-26-16-9-17-27-54)66(78)72-41-19-29-58(72)46-70(43-39-50-22-12-7-13-23-50)64(76)56-36-32-52(33-37-56)51-30-34-55(35-31-51)63(75)69(42-38-49-20-10-6-11-21-49)45-57-28-18-40-71(57)65(77)59(44-60(73)48(3)67-4)53-24-14-8-15-25-53/h6-17,20-27,30-37,47-48,57-59,61,67H,5,18-19,28-29,38-46H2,1-4H3,(H,68,74)/t47-,48+,57+,58+,59+,61+/m1/s1. The van der Waals surface area contributed by atoms with Crippen LogP contribution in [0.25, 0.3) is 11.1 Å². The fraction of sp³-hybridized carbons (Fsp3) is 0.364. The van der Waals surface area contributed by atoms with Gasteiger partial charge in [0.15, 0.2) is 5.78 Å². The fourth-order valence-corrected chi connectivity index (χ4v) is 10.8. The number of Topliss-reactive ketones (excluding diaryl/α,β-unsaturated/α-hetero) is 1. The Morgan fingerprint density at radius 1 is 0.551 bits per heavy atom. The molecule has 2 fully saturated rings. The lowest BCUT2D eigenvalue weighted by molar-refractivity contribution is -0.138. The predicted molar refractivity (Wildman–Crippen MR) is 308 cm³/mol. The summed E-state index contributed by atoms with van der Waals surface area (Å²) in [6.45, 7) is 8.35. The van der Waals surface area contributed by atoms with Crippen molar-refractivity contribution in [1.29, 1.82) is 0 Å². The van der Waals surface area contributed by atoms with Crippen LogP contribution in [0.3, 0.4) is 0 Å². The number of benzene rings is 6. The Morgan fingerprint density at radius 2 is 0.974 bits per heavy atom. The number of hydrogen-bond donors (Lipinski definition) is 2. The summed E-state index contributed by atoms with van der Waals surface area (Å²) in [5.41, 5.74) is 6.59. The van der Waals surface area contributed by atoms with Gasteiger partial charge in [0.2, 0.25) is 17.7 Å². The number of nitrogens with zero attached hydrogens (tertiary/aromatic N) is 4. The van der Waals surface area contributed by atoms with Crippen molar-refractivity contribution in [2.75, 3.05) is 46.3 Å². The van der Waals surface area contributed by atoms with Gasteiger partial charge in [-0.15, -0.1) is 0 Å². The van der Waals surface area contributed by atoms with Gasteiger partial charge in [-0.1, -0.05) is 159 Å². The van der Waals surface area contributed by atoms with E-state index in [-0.39, 0.29) is 65.8 Å². The first-order chi connectivity index (χ1) is 37.9. The highest BCUT2D eigenvalue weighted by Crippen LogP contribution is 2.31. The van der Waals surface area contributed by atoms with Crippen LogP contribution in [-0.2, 0) is 32.0 Å². The van der Waals surface area contributed by atoms with E-state index < -0.39 is 12.0 Å². The van der Waals surface area contributed by atoms with Crippen LogP contribution < -0.4 is 10.6 Å². The Labute approximate surface area is 461 Å². The SMILES string of the molecule is CC[C@@H](C)C(=O)N[C@H](C(=O)N1CCC[C@H]1CN(CCc1ccccc1)C(=O)c1ccc(-c2ccc(C(=O)N(CCc3ccccc3)C[C@@H]3CCCN3C(=O)[C@@H](CC(=O)[C@H](C)NC)c3ccccc3)cc2)cc1)c1ccccc1. The summed E-state index contributed by atoms with van der Waals surface area (Å²) in [7, 11) is 1.75. The molecule has 0 spiro atoms. The number of likely N-dealkylation sites (tertiary alicyclic amines) is 2. The van der Waals surface area contributed by atoms with E-state index in [1.807, 2.05) is 186 Å². The molecule has 0 saturated carbocycles. The number of rotatable bonds is 24. The quantitative estimate of drug-likeness (QED) is 0.0616. The molecule has 0 aliphatic carbocycles. The van der Waals surface area contributed by atoms with Crippen molar-refractivity contribution in [3.63, 3.8) is 0 Å². The molecule has 0 bridgehead atoms. The van der Waals surface area contributed by atoms with E-state index in [2.05, 4.69) is 34.9 Å². The van der Waals surface area contributed by atoms with Crippen molar-refractivity contribution < 1.29 is 28.8 Å².